The normalized spacial score (nSPS) is 11.1. The van der Waals surface area contributed by atoms with Gasteiger partial charge in [-0.1, -0.05) is 0 Å². The molecular weight excluding hydrogens is 257 g/mol. The highest BCUT2D eigenvalue weighted by Gasteiger charge is 2.40. The molecule has 0 unspecified atom stereocenters. The molecule has 0 aliphatic heterocycles. The number of halogens is 5. The number of alkyl halides is 5. The molecule has 0 N–H and O–H groups in total. The maximum Gasteiger partial charge on any atom is 0.418 e. The molecule has 0 aromatic carbocycles. The van der Waals surface area contributed by atoms with Gasteiger partial charge in [-0.25, -0.2) is 8.78 Å². The highest BCUT2D eigenvalue weighted by Crippen LogP contribution is 2.38. The van der Waals surface area contributed by atoms with Gasteiger partial charge in [0.1, 0.15) is 6.07 Å². The molecule has 0 amide bonds. The molecule has 0 atom stereocenters. The molecular formula is C10H4F5N3. The Morgan fingerprint density at radius 3 is 2.28 bits per heavy atom. The Labute approximate surface area is 98.1 Å². The zero-order valence-electron chi connectivity index (χ0n) is 8.59. The van der Waals surface area contributed by atoms with Crippen LogP contribution in [0.15, 0.2) is 6.20 Å². The van der Waals surface area contributed by atoms with Gasteiger partial charge in [-0.2, -0.15) is 23.7 Å². The number of hydrogen-bond donors (Lipinski definition) is 0. The van der Waals surface area contributed by atoms with Crippen LogP contribution in [0.4, 0.5) is 22.0 Å². The van der Waals surface area contributed by atoms with Crippen LogP contribution in [0.1, 0.15) is 28.8 Å². The molecule has 0 saturated heterocycles. The van der Waals surface area contributed by atoms with Gasteiger partial charge in [0.25, 0.3) is 6.43 Å². The second-order valence-corrected chi connectivity index (χ2v) is 3.16. The summed E-state index contributed by atoms with van der Waals surface area (Å²) in [4.78, 5) is 3.31. The van der Waals surface area contributed by atoms with Crippen molar-refractivity contribution in [3.05, 3.63) is 28.6 Å². The molecule has 1 rings (SSSR count). The number of pyridine rings is 1. The minimum absolute atomic E-state index is 0.348. The van der Waals surface area contributed by atoms with Crippen LogP contribution in [-0.4, -0.2) is 4.98 Å². The van der Waals surface area contributed by atoms with Crippen LogP contribution in [0.3, 0.4) is 0 Å². The van der Waals surface area contributed by atoms with E-state index in [2.05, 4.69) is 4.98 Å². The summed E-state index contributed by atoms with van der Waals surface area (Å²) in [7, 11) is 0. The fourth-order valence-corrected chi connectivity index (χ4v) is 1.37. The van der Waals surface area contributed by atoms with Gasteiger partial charge in [-0.3, -0.25) is 4.98 Å². The first-order valence-corrected chi connectivity index (χ1v) is 4.47. The molecule has 1 aromatic rings. The average Bonchev–Trinajstić information content (AvgIpc) is 2.27. The Kier molecular flexibility index (Phi) is 3.82. The van der Waals surface area contributed by atoms with Crippen molar-refractivity contribution < 1.29 is 22.0 Å². The Morgan fingerprint density at radius 2 is 1.89 bits per heavy atom. The number of nitrogens with zero attached hydrogens (tertiary/aromatic N) is 3. The molecule has 0 aliphatic carbocycles. The van der Waals surface area contributed by atoms with E-state index in [9.17, 15) is 22.0 Å². The van der Waals surface area contributed by atoms with Gasteiger partial charge in [-0.05, 0) is 0 Å². The van der Waals surface area contributed by atoms with Crippen LogP contribution in [0.2, 0.25) is 0 Å². The van der Waals surface area contributed by atoms with E-state index in [0.29, 0.717) is 6.20 Å². The largest absolute Gasteiger partial charge is 0.418 e. The summed E-state index contributed by atoms with van der Waals surface area (Å²) < 4.78 is 63.0. The summed E-state index contributed by atoms with van der Waals surface area (Å²) in [6.07, 6.45) is -8.72. The van der Waals surface area contributed by atoms with Crippen LogP contribution >= 0.6 is 0 Å². The Hall–Kier alpha value is -2.22. The lowest BCUT2D eigenvalue weighted by atomic mass is 10.0. The molecule has 0 radical (unpaired) electrons. The van der Waals surface area contributed by atoms with E-state index in [4.69, 9.17) is 10.5 Å². The monoisotopic (exact) mass is 261 g/mol. The first-order valence-electron chi connectivity index (χ1n) is 4.47. The quantitative estimate of drug-likeness (QED) is 0.769. The third-order valence-corrected chi connectivity index (χ3v) is 2.06. The lowest BCUT2D eigenvalue weighted by Gasteiger charge is -2.15. The molecule has 18 heavy (non-hydrogen) atoms. The van der Waals surface area contributed by atoms with Crippen LogP contribution in [-0.2, 0) is 12.6 Å². The van der Waals surface area contributed by atoms with E-state index in [0.717, 1.165) is 0 Å². The van der Waals surface area contributed by atoms with E-state index in [1.165, 1.54) is 12.1 Å². The number of rotatable bonds is 2. The molecule has 1 heterocycles. The average molecular weight is 261 g/mol. The number of hydrogen-bond acceptors (Lipinski definition) is 3. The summed E-state index contributed by atoms with van der Waals surface area (Å²) in [6.45, 7) is 0. The van der Waals surface area contributed by atoms with Crippen molar-refractivity contribution in [1.29, 1.82) is 10.5 Å². The van der Waals surface area contributed by atoms with Crippen molar-refractivity contribution in [1.82, 2.24) is 4.98 Å². The Balaban J connectivity index is 3.64. The van der Waals surface area contributed by atoms with Gasteiger partial charge in [0, 0.05) is 11.8 Å². The summed E-state index contributed by atoms with van der Waals surface area (Å²) in [6, 6.07) is 2.70. The van der Waals surface area contributed by atoms with E-state index in [-0.39, 0.29) is 0 Å². The summed E-state index contributed by atoms with van der Waals surface area (Å²) in [5.41, 5.74) is -4.57. The van der Waals surface area contributed by atoms with Crippen molar-refractivity contribution in [2.45, 2.75) is 19.0 Å². The van der Waals surface area contributed by atoms with Gasteiger partial charge >= 0.3 is 6.18 Å². The van der Waals surface area contributed by atoms with E-state index in [1.807, 2.05) is 0 Å². The second kappa shape index (κ2) is 4.96. The zero-order valence-corrected chi connectivity index (χ0v) is 8.59. The number of aromatic nitrogens is 1. The van der Waals surface area contributed by atoms with Crippen LogP contribution in [0.5, 0.6) is 0 Å². The minimum Gasteiger partial charge on any atom is -0.258 e. The van der Waals surface area contributed by atoms with E-state index in [1.54, 1.807) is 0 Å². The predicted molar refractivity (Wildman–Crippen MR) is 48.2 cm³/mol. The number of nitriles is 2. The molecule has 3 nitrogen and oxygen atoms in total. The van der Waals surface area contributed by atoms with E-state index >= 15 is 0 Å². The summed E-state index contributed by atoms with van der Waals surface area (Å²) in [5.74, 6) is 0. The molecule has 0 bridgehead atoms. The van der Waals surface area contributed by atoms with Gasteiger partial charge in [-0.15, -0.1) is 0 Å². The molecule has 0 spiro atoms. The fourth-order valence-electron chi connectivity index (χ4n) is 1.37. The highest BCUT2D eigenvalue weighted by atomic mass is 19.4. The van der Waals surface area contributed by atoms with Crippen molar-refractivity contribution in [3.63, 3.8) is 0 Å². The Bertz CT molecular complexity index is 536. The van der Waals surface area contributed by atoms with Crippen molar-refractivity contribution in [2.75, 3.05) is 0 Å². The molecule has 0 aliphatic rings. The van der Waals surface area contributed by atoms with Gasteiger partial charge in [0.05, 0.1) is 29.3 Å². The second-order valence-electron chi connectivity index (χ2n) is 3.16. The smallest absolute Gasteiger partial charge is 0.258 e. The third kappa shape index (κ3) is 2.54. The molecule has 1 aromatic heterocycles. The van der Waals surface area contributed by atoms with Crippen molar-refractivity contribution in [3.8, 4) is 12.1 Å². The zero-order chi connectivity index (χ0) is 13.9. The first-order chi connectivity index (χ1) is 8.32. The predicted octanol–water partition coefficient (Wildman–Crippen LogP) is 2.98. The standard InChI is InChI=1S/C10H4F5N3/c11-9(12)6-4-18-7(1-2-16)5(3-17)8(6)10(13,14)15/h4,9H,1H2. The van der Waals surface area contributed by atoms with Crippen molar-refractivity contribution >= 4 is 0 Å². The minimum atomic E-state index is -5.11. The maximum absolute atomic E-state index is 12.7. The SMILES string of the molecule is N#CCc1ncc(C(F)F)c(C(F)(F)F)c1C#N. The molecule has 0 fully saturated rings. The fraction of sp³-hybridized carbons (Fsp3) is 0.300. The lowest BCUT2D eigenvalue weighted by Crippen LogP contribution is -2.15. The maximum atomic E-state index is 12.7. The van der Waals surface area contributed by atoms with Crippen LogP contribution in [0.25, 0.3) is 0 Å². The summed E-state index contributed by atoms with van der Waals surface area (Å²) in [5, 5.41) is 17.0. The van der Waals surface area contributed by atoms with Gasteiger partial charge < -0.3 is 0 Å². The van der Waals surface area contributed by atoms with Crippen LogP contribution in [0, 0.1) is 22.7 Å². The van der Waals surface area contributed by atoms with E-state index < -0.39 is 41.4 Å². The van der Waals surface area contributed by atoms with Gasteiger partial charge in [0.2, 0.25) is 0 Å². The third-order valence-electron chi connectivity index (χ3n) is 2.06. The molecule has 8 heteroatoms. The summed E-state index contributed by atoms with van der Waals surface area (Å²) >= 11 is 0. The first kappa shape index (κ1) is 13.8. The van der Waals surface area contributed by atoms with Gasteiger partial charge in [0.15, 0.2) is 0 Å². The highest BCUT2D eigenvalue weighted by molar-refractivity contribution is 5.47. The van der Waals surface area contributed by atoms with Crippen LogP contribution < -0.4 is 0 Å². The molecule has 94 valence electrons. The topological polar surface area (TPSA) is 60.5 Å². The Morgan fingerprint density at radius 1 is 1.28 bits per heavy atom. The van der Waals surface area contributed by atoms with Crippen molar-refractivity contribution in [2.24, 2.45) is 0 Å². The lowest BCUT2D eigenvalue weighted by molar-refractivity contribution is -0.139. The molecule has 0 saturated carbocycles.